The molecule has 0 fully saturated rings. The smallest absolute Gasteiger partial charge is 0.383 e. The van der Waals surface area contributed by atoms with E-state index in [1.54, 1.807) is 0 Å². The Kier molecular flexibility index (Phi) is 4.40. The normalized spacial score (nSPS) is 10.4. The summed E-state index contributed by atoms with van der Waals surface area (Å²) in [6.07, 6.45) is -3.12. The Labute approximate surface area is 81.0 Å². The lowest BCUT2D eigenvalue weighted by atomic mass is 10.2. The van der Waals surface area contributed by atoms with E-state index in [1.807, 2.05) is 13.8 Å². The highest BCUT2D eigenvalue weighted by molar-refractivity contribution is 5.42. The fraction of sp³-hybridized carbons (Fsp3) is 0.444. The number of aryl methyl sites for hydroxylation is 1. The molecule has 1 heterocycles. The lowest BCUT2D eigenvalue weighted by molar-refractivity contribution is -0.137. The number of halogens is 3. The Morgan fingerprint density at radius 1 is 1.29 bits per heavy atom. The quantitative estimate of drug-likeness (QED) is 0.708. The van der Waals surface area contributed by atoms with E-state index in [1.165, 1.54) is 13.1 Å². The van der Waals surface area contributed by atoms with Crippen molar-refractivity contribution >= 4 is 5.82 Å². The first-order valence-corrected chi connectivity index (χ1v) is 4.20. The van der Waals surface area contributed by atoms with E-state index >= 15 is 0 Å². The van der Waals surface area contributed by atoms with E-state index in [0.29, 0.717) is 5.56 Å². The number of hydrogen-bond acceptors (Lipinski definition) is 2. The summed E-state index contributed by atoms with van der Waals surface area (Å²) < 4.78 is 36.3. The van der Waals surface area contributed by atoms with Crippen LogP contribution >= 0.6 is 0 Å². The third-order valence-electron chi connectivity index (χ3n) is 1.36. The van der Waals surface area contributed by atoms with Crippen molar-refractivity contribution in [2.24, 2.45) is 0 Å². The molecule has 0 unspecified atom stereocenters. The van der Waals surface area contributed by atoms with Crippen LogP contribution in [-0.2, 0) is 6.18 Å². The maximum Gasteiger partial charge on any atom is 0.419 e. The second-order valence-electron chi connectivity index (χ2n) is 2.44. The van der Waals surface area contributed by atoms with Gasteiger partial charge in [-0.25, -0.2) is 4.98 Å². The number of nitrogens with zero attached hydrogens (tertiary/aromatic N) is 1. The van der Waals surface area contributed by atoms with Crippen molar-refractivity contribution in [3.8, 4) is 0 Å². The highest BCUT2D eigenvalue weighted by atomic mass is 19.4. The van der Waals surface area contributed by atoms with E-state index < -0.39 is 17.6 Å². The van der Waals surface area contributed by atoms with Gasteiger partial charge in [-0.1, -0.05) is 13.8 Å². The number of hydrogen-bond donors (Lipinski definition) is 1. The van der Waals surface area contributed by atoms with Gasteiger partial charge in [-0.2, -0.15) is 13.2 Å². The molecule has 0 saturated carbocycles. The van der Waals surface area contributed by atoms with Gasteiger partial charge in [0.05, 0.1) is 5.56 Å². The molecule has 0 bridgehead atoms. The van der Waals surface area contributed by atoms with E-state index in [0.717, 1.165) is 6.07 Å². The van der Waals surface area contributed by atoms with Crippen LogP contribution in [0.1, 0.15) is 25.0 Å². The molecule has 1 aromatic heterocycles. The Bertz CT molecular complexity index is 295. The zero-order valence-electron chi connectivity index (χ0n) is 8.31. The molecule has 0 spiro atoms. The first kappa shape index (κ1) is 12.7. The van der Waals surface area contributed by atoms with Crippen molar-refractivity contribution < 1.29 is 13.2 Å². The van der Waals surface area contributed by atoms with Crippen LogP contribution in [-0.4, -0.2) is 4.98 Å². The molecule has 0 saturated heterocycles. The predicted octanol–water partition coefficient (Wildman–Crippen LogP) is 3.02. The van der Waals surface area contributed by atoms with Gasteiger partial charge in [0.25, 0.3) is 0 Å². The van der Waals surface area contributed by atoms with Crippen molar-refractivity contribution in [2.75, 3.05) is 5.73 Å². The number of anilines is 1. The molecular formula is C9H13F3N2. The molecule has 0 aliphatic heterocycles. The van der Waals surface area contributed by atoms with Gasteiger partial charge >= 0.3 is 6.18 Å². The van der Waals surface area contributed by atoms with Crippen LogP contribution < -0.4 is 5.73 Å². The highest BCUT2D eigenvalue weighted by Gasteiger charge is 2.33. The Balaban J connectivity index is 0.000000791. The van der Waals surface area contributed by atoms with Gasteiger partial charge < -0.3 is 5.73 Å². The van der Waals surface area contributed by atoms with Crippen LogP contribution in [0.2, 0.25) is 0 Å². The Morgan fingerprint density at radius 3 is 2.14 bits per heavy atom. The molecule has 5 heteroatoms. The molecule has 14 heavy (non-hydrogen) atoms. The molecule has 80 valence electrons. The number of pyridine rings is 1. The van der Waals surface area contributed by atoms with Crippen molar-refractivity contribution in [1.82, 2.24) is 4.98 Å². The molecule has 2 nitrogen and oxygen atoms in total. The van der Waals surface area contributed by atoms with Gasteiger partial charge in [-0.15, -0.1) is 0 Å². The SMILES string of the molecule is CC.Cc1cnc(N)c(C(F)(F)F)c1. The minimum Gasteiger partial charge on any atom is -0.383 e. The maximum absolute atomic E-state index is 12.1. The summed E-state index contributed by atoms with van der Waals surface area (Å²) in [5.74, 6) is -0.479. The van der Waals surface area contributed by atoms with E-state index in [9.17, 15) is 13.2 Å². The van der Waals surface area contributed by atoms with Crippen molar-refractivity contribution in [2.45, 2.75) is 26.9 Å². The standard InChI is InChI=1S/C7H7F3N2.C2H6/c1-4-2-5(7(8,9)10)6(11)12-3-4;1-2/h2-3H,1H3,(H2,11,12);1-2H3. The summed E-state index contributed by atoms with van der Waals surface area (Å²) in [7, 11) is 0. The summed E-state index contributed by atoms with van der Waals surface area (Å²) >= 11 is 0. The van der Waals surface area contributed by atoms with Crippen LogP contribution in [0, 0.1) is 6.92 Å². The number of nitrogen functional groups attached to an aromatic ring is 1. The van der Waals surface area contributed by atoms with E-state index in [-0.39, 0.29) is 0 Å². The predicted molar refractivity (Wildman–Crippen MR) is 49.7 cm³/mol. The van der Waals surface area contributed by atoms with Crippen molar-refractivity contribution in [3.63, 3.8) is 0 Å². The second-order valence-corrected chi connectivity index (χ2v) is 2.44. The fourth-order valence-corrected chi connectivity index (χ4v) is 0.807. The molecule has 0 amide bonds. The van der Waals surface area contributed by atoms with Crippen molar-refractivity contribution in [3.05, 3.63) is 23.4 Å². The average Bonchev–Trinajstić information content (AvgIpc) is 2.11. The first-order chi connectivity index (χ1) is 6.41. The largest absolute Gasteiger partial charge is 0.419 e. The number of rotatable bonds is 0. The lowest BCUT2D eigenvalue weighted by Crippen LogP contribution is -2.10. The van der Waals surface area contributed by atoms with Crippen LogP contribution in [0.3, 0.4) is 0 Å². The number of alkyl halides is 3. The molecule has 0 atom stereocenters. The van der Waals surface area contributed by atoms with Crippen LogP contribution in [0.5, 0.6) is 0 Å². The first-order valence-electron chi connectivity index (χ1n) is 4.20. The fourth-order valence-electron chi connectivity index (χ4n) is 0.807. The van der Waals surface area contributed by atoms with E-state index in [4.69, 9.17) is 5.73 Å². The second kappa shape index (κ2) is 4.83. The third kappa shape index (κ3) is 3.24. The zero-order valence-corrected chi connectivity index (χ0v) is 8.31. The molecule has 2 N–H and O–H groups in total. The van der Waals surface area contributed by atoms with Gasteiger partial charge in [0.2, 0.25) is 0 Å². The molecule has 0 aliphatic carbocycles. The summed E-state index contributed by atoms with van der Waals surface area (Å²) in [5, 5.41) is 0. The Hall–Kier alpha value is -1.26. The highest BCUT2D eigenvalue weighted by Crippen LogP contribution is 2.32. The molecule has 0 aromatic carbocycles. The minimum atomic E-state index is -4.41. The summed E-state index contributed by atoms with van der Waals surface area (Å²) in [6, 6.07) is 0.975. The number of nitrogens with two attached hydrogens (primary N) is 1. The molecular weight excluding hydrogens is 193 g/mol. The van der Waals surface area contributed by atoms with Crippen LogP contribution in [0.4, 0.5) is 19.0 Å². The monoisotopic (exact) mass is 206 g/mol. The topological polar surface area (TPSA) is 38.9 Å². The van der Waals surface area contributed by atoms with Gasteiger partial charge in [-0.3, -0.25) is 0 Å². The maximum atomic E-state index is 12.1. The molecule has 1 rings (SSSR count). The van der Waals surface area contributed by atoms with Crippen LogP contribution in [0.15, 0.2) is 12.3 Å². The van der Waals surface area contributed by atoms with Crippen molar-refractivity contribution in [1.29, 1.82) is 0 Å². The van der Waals surface area contributed by atoms with Gasteiger partial charge in [0.1, 0.15) is 5.82 Å². The summed E-state index contributed by atoms with van der Waals surface area (Å²) in [4.78, 5) is 3.40. The molecule has 1 aromatic rings. The van der Waals surface area contributed by atoms with Gasteiger partial charge in [0, 0.05) is 6.20 Å². The number of aromatic nitrogens is 1. The third-order valence-corrected chi connectivity index (χ3v) is 1.36. The minimum absolute atomic E-state index is 0.441. The molecule has 0 aliphatic rings. The zero-order chi connectivity index (χ0) is 11.4. The molecule has 0 radical (unpaired) electrons. The summed E-state index contributed by atoms with van der Waals surface area (Å²) in [6.45, 7) is 5.53. The summed E-state index contributed by atoms with van der Waals surface area (Å²) in [5.41, 5.74) is 4.61. The average molecular weight is 206 g/mol. The van der Waals surface area contributed by atoms with Crippen LogP contribution in [0.25, 0.3) is 0 Å². The van der Waals surface area contributed by atoms with Gasteiger partial charge in [0.15, 0.2) is 0 Å². The Morgan fingerprint density at radius 2 is 1.79 bits per heavy atom. The van der Waals surface area contributed by atoms with E-state index in [2.05, 4.69) is 4.98 Å². The lowest BCUT2D eigenvalue weighted by Gasteiger charge is -2.08. The van der Waals surface area contributed by atoms with Gasteiger partial charge in [-0.05, 0) is 18.6 Å².